The SMILES string of the molecule is COC(=O)NC(C(=O)N1CCCC1c1ncc(-c2ccc(-c3ccc4cc(-c5cnc(C6CCCN6C(=O)C(NC(=O)OC)C(C)O)[nH]5)ccc4c3)cc2)[nH]1)c1cccs1. The van der Waals surface area contributed by atoms with Crippen molar-refractivity contribution in [3.63, 3.8) is 0 Å². The van der Waals surface area contributed by atoms with Crippen molar-refractivity contribution in [2.24, 2.45) is 0 Å². The zero-order chi connectivity index (χ0) is 41.9. The Morgan fingerprint density at radius 1 is 0.733 bits per heavy atom. The number of nitrogens with zero attached hydrogens (tertiary/aromatic N) is 4. The van der Waals surface area contributed by atoms with Crippen LogP contribution in [0.15, 0.2) is 90.6 Å². The number of fused-ring (bicyclic) bond motifs is 1. The maximum Gasteiger partial charge on any atom is 0.407 e. The van der Waals surface area contributed by atoms with Crippen LogP contribution in [-0.4, -0.2) is 98.3 Å². The van der Waals surface area contributed by atoms with E-state index in [2.05, 4.69) is 84.9 Å². The number of methoxy groups -OCH3 is 2. The zero-order valence-electron chi connectivity index (χ0n) is 33.4. The van der Waals surface area contributed by atoms with Gasteiger partial charge in [0, 0.05) is 23.5 Å². The Hall–Kier alpha value is -6.52. The van der Waals surface area contributed by atoms with Crippen LogP contribution in [0.4, 0.5) is 9.59 Å². The Morgan fingerprint density at radius 2 is 1.27 bits per heavy atom. The first-order valence-electron chi connectivity index (χ1n) is 19.9. The summed E-state index contributed by atoms with van der Waals surface area (Å²) in [4.78, 5) is 71.7. The minimum absolute atomic E-state index is 0.198. The van der Waals surface area contributed by atoms with E-state index in [1.807, 2.05) is 23.6 Å². The summed E-state index contributed by atoms with van der Waals surface area (Å²) < 4.78 is 9.47. The highest BCUT2D eigenvalue weighted by Crippen LogP contribution is 2.36. The standard InChI is InChI=1S/C44H46N8O7S/c1-25(53)37(49-43(56)58-2)41(54)51-18-4-7-34(51)40-46-24-33(48-40)31-17-16-29-21-28(14-15-30(29)22-31)26-10-12-27(13-11-26)32-23-45-39(47-32)35-8-5-19-52(35)42(55)38(50-44(57)59-3)36-9-6-20-60-36/h6,9-17,20-25,34-35,37-38,53H,4-5,7-8,18-19H2,1-3H3,(H,45,47)(H,46,48)(H,49,56)(H,50,57). The van der Waals surface area contributed by atoms with Gasteiger partial charge in [0.05, 0.1) is 56.2 Å². The van der Waals surface area contributed by atoms with E-state index in [9.17, 15) is 24.3 Å². The first-order chi connectivity index (χ1) is 29.1. The number of carbonyl (C=O) groups excluding carboxylic acids is 4. The Labute approximate surface area is 350 Å². The number of rotatable bonds is 11. The van der Waals surface area contributed by atoms with Crippen molar-refractivity contribution in [3.8, 4) is 33.6 Å². The average Bonchev–Trinajstić information content (AvgIpc) is 4.13. The maximum absolute atomic E-state index is 13.8. The molecular formula is C44H46N8O7S. The molecule has 2 aliphatic heterocycles. The van der Waals surface area contributed by atoms with Gasteiger partial charge in [-0.1, -0.05) is 54.6 Å². The Balaban J connectivity index is 0.941. The van der Waals surface area contributed by atoms with E-state index in [0.29, 0.717) is 31.2 Å². The number of aromatic amines is 2. The summed E-state index contributed by atoms with van der Waals surface area (Å²) in [6.07, 6.45) is 4.06. The molecule has 0 radical (unpaired) electrons. The fraction of sp³-hybridized carbons (Fsp3) is 0.318. The summed E-state index contributed by atoms with van der Waals surface area (Å²) in [5, 5.41) is 19.4. The number of hydrogen-bond donors (Lipinski definition) is 5. The number of imidazole rings is 2. The quantitative estimate of drug-likeness (QED) is 0.0926. The van der Waals surface area contributed by atoms with E-state index < -0.39 is 30.4 Å². The second-order valence-corrected chi connectivity index (χ2v) is 16.0. The Bertz CT molecular complexity index is 2500. The highest BCUT2D eigenvalue weighted by Gasteiger charge is 2.39. The molecule has 0 bridgehead atoms. The molecule has 0 spiro atoms. The van der Waals surface area contributed by atoms with Crippen molar-refractivity contribution in [1.82, 2.24) is 40.4 Å². The van der Waals surface area contributed by atoms with Gasteiger partial charge in [-0.2, -0.15) is 0 Å². The minimum Gasteiger partial charge on any atom is -0.453 e. The van der Waals surface area contributed by atoms with Crippen LogP contribution in [-0.2, 0) is 19.1 Å². The van der Waals surface area contributed by atoms with Gasteiger partial charge >= 0.3 is 12.2 Å². The second-order valence-electron chi connectivity index (χ2n) is 15.0. The molecule has 0 aliphatic carbocycles. The predicted octanol–water partition coefficient (Wildman–Crippen LogP) is 6.88. The van der Waals surface area contributed by atoms with E-state index in [1.165, 1.54) is 32.5 Å². The summed E-state index contributed by atoms with van der Waals surface area (Å²) >= 11 is 1.41. The van der Waals surface area contributed by atoms with Gasteiger partial charge in [-0.25, -0.2) is 19.6 Å². The van der Waals surface area contributed by atoms with Gasteiger partial charge in [0.2, 0.25) is 5.91 Å². The number of aliphatic hydroxyl groups excluding tert-OH is 1. The molecule has 5 N–H and O–H groups in total. The van der Waals surface area contributed by atoms with E-state index >= 15 is 0 Å². The zero-order valence-corrected chi connectivity index (χ0v) is 34.2. The van der Waals surface area contributed by atoms with E-state index in [1.54, 1.807) is 22.2 Å². The molecule has 2 saturated heterocycles. The van der Waals surface area contributed by atoms with Crippen LogP contribution in [0.25, 0.3) is 44.4 Å². The number of alkyl carbamates (subject to hydrolysis) is 2. The molecule has 5 heterocycles. The minimum atomic E-state index is -1.13. The van der Waals surface area contributed by atoms with Gasteiger partial charge in [-0.15, -0.1) is 11.3 Å². The topological polar surface area (TPSA) is 195 Å². The van der Waals surface area contributed by atoms with Gasteiger partial charge in [0.15, 0.2) is 0 Å². The smallest absolute Gasteiger partial charge is 0.407 e. The van der Waals surface area contributed by atoms with E-state index in [-0.39, 0.29) is 23.9 Å². The second kappa shape index (κ2) is 17.4. The third kappa shape index (κ3) is 8.20. The van der Waals surface area contributed by atoms with Crippen molar-refractivity contribution >= 4 is 46.1 Å². The number of likely N-dealkylation sites (tertiary alicyclic amines) is 2. The number of amides is 4. The van der Waals surface area contributed by atoms with Crippen LogP contribution < -0.4 is 10.6 Å². The first-order valence-corrected chi connectivity index (χ1v) is 20.8. The number of aliphatic hydroxyl groups is 1. The number of thiophene rings is 1. The number of carbonyl (C=O) groups is 4. The van der Waals surface area contributed by atoms with Gasteiger partial charge in [0.1, 0.15) is 23.7 Å². The van der Waals surface area contributed by atoms with E-state index in [0.717, 1.165) is 68.6 Å². The molecular weight excluding hydrogens is 785 g/mol. The van der Waals surface area contributed by atoms with Gasteiger partial charge in [-0.05, 0) is 83.6 Å². The monoisotopic (exact) mass is 830 g/mol. The van der Waals surface area contributed by atoms with Gasteiger partial charge in [0.25, 0.3) is 5.91 Å². The summed E-state index contributed by atoms with van der Waals surface area (Å²) in [5.74, 6) is 0.762. The third-order valence-electron chi connectivity index (χ3n) is 11.3. The summed E-state index contributed by atoms with van der Waals surface area (Å²) in [7, 11) is 2.49. The molecule has 5 unspecified atom stereocenters. The number of benzene rings is 3. The molecule has 0 saturated carbocycles. The van der Waals surface area contributed by atoms with Crippen molar-refractivity contribution in [3.05, 3.63) is 107 Å². The molecule has 3 aromatic heterocycles. The maximum atomic E-state index is 13.8. The molecule has 3 aromatic carbocycles. The highest BCUT2D eigenvalue weighted by molar-refractivity contribution is 7.10. The Kier molecular flexibility index (Phi) is 11.7. The lowest BCUT2D eigenvalue weighted by Crippen LogP contribution is -2.53. The van der Waals surface area contributed by atoms with Crippen LogP contribution in [0.5, 0.6) is 0 Å². The van der Waals surface area contributed by atoms with Crippen molar-refractivity contribution in [1.29, 1.82) is 0 Å². The fourth-order valence-corrected chi connectivity index (χ4v) is 8.94. The molecule has 6 aromatic rings. The highest BCUT2D eigenvalue weighted by atomic mass is 32.1. The summed E-state index contributed by atoms with van der Waals surface area (Å²) in [5.41, 5.74) is 5.71. The molecule has 2 aliphatic rings. The van der Waals surface area contributed by atoms with Crippen LogP contribution >= 0.6 is 11.3 Å². The van der Waals surface area contributed by atoms with Crippen molar-refractivity contribution in [2.45, 2.75) is 62.9 Å². The first kappa shape index (κ1) is 40.3. The van der Waals surface area contributed by atoms with Gasteiger partial charge in [-0.3, -0.25) is 9.59 Å². The average molecular weight is 831 g/mol. The molecule has 2 fully saturated rings. The normalized spacial score (nSPS) is 17.9. The number of nitrogens with one attached hydrogen (secondary N) is 4. The van der Waals surface area contributed by atoms with Gasteiger partial charge < -0.3 is 45.0 Å². The number of aromatic nitrogens is 4. The molecule has 310 valence electrons. The lowest BCUT2D eigenvalue weighted by molar-refractivity contribution is -0.137. The molecule has 5 atom stereocenters. The fourth-order valence-electron chi connectivity index (χ4n) is 8.18. The molecule has 8 rings (SSSR count). The predicted molar refractivity (Wildman–Crippen MR) is 226 cm³/mol. The van der Waals surface area contributed by atoms with Crippen LogP contribution in [0.2, 0.25) is 0 Å². The lowest BCUT2D eigenvalue weighted by atomic mass is 9.98. The lowest BCUT2D eigenvalue weighted by Gasteiger charge is -2.29. The molecule has 16 heteroatoms. The number of ether oxygens (including phenoxy) is 2. The van der Waals surface area contributed by atoms with Crippen LogP contribution in [0.1, 0.15) is 67.3 Å². The molecule has 60 heavy (non-hydrogen) atoms. The third-order valence-corrected chi connectivity index (χ3v) is 12.2. The molecule has 15 nitrogen and oxygen atoms in total. The van der Waals surface area contributed by atoms with Crippen molar-refractivity contribution in [2.75, 3.05) is 27.3 Å². The largest absolute Gasteiger partial charge is 0.453 e. The number of H-pyrrole nitrogens is 2. The molecule has 4 amide bonds. The number of hydrogen-bond acceptors (Lipinski definition) is 10. The Morgan fingerprint density at radius 3 is 1.85 bits per heavy atom. The summed E-state index contributed by atoms with van der Waals surface area (Å²) in [6.45, 7) is 2.50. The summed E-state index contributed by atoms with van der Waals surface area (Å²) in [6, 6.07) is 22.0. The van der Waals surface area contributed by atoms with Crippen LogP contribution in [0.3, 0.4) is 0 Å². The van der Waals surface area contributed by atoms with Crippen LogP contribution in [0, 0.1) is 0 Å². The van der Waals surface area contributed by atoms with E-state index in [4.69, 9.17) is 9.72 Å². The van der Waals surface area contributed by atoms with Crippen molar-refractivity contribution < 1.29 is 33.8 Å².